The average Bonchev–Trinajstić information content (AvgIpc) is 2.32. The smallest absolute Gasteiger partial charge is 0.129 e. The summed E-state index contributed by atoms with van der Waals surface area (Å²) >= 11 is 3.25. The van der Waals surface area contributed by atoms with Gasteiger partial charge in [-0.2, -0.15) is 0 Å². The lowest BCUT2D eigenvalue weighted by molar-refractivity contribution is 0.599. The van der Waals surface area contributed by atoms with Gasteiger partial charge in [-0.15, -0.1) is 0 Å². The maximum absolute atomic E-state index is 13.8. The van der Waals surface area contributed by atoms with Crippen LogP contribution in [-0.2, 0) is 0 Å². The Balaban J connectivity index is 2.22. The molecule has 0 saturated heterocycles. The molecule has 94 valence electrons. The lowest BCUT2D eigenvalue weighted by atomic mass is 10.1. The predicted octanol–water partition coefficient (Wildman–Crippen LogP) is 4.46. The number of nitrogens with zero attached hydrogens (tertiary/aromatic N) is 1. The molecule has 2 rings (SSSR count). The normalized spacial score (nSPS) is 12.2. The van der Waals surface area contributed by atoms with Gasteiger partial charge in [-0.3, -0.25) is 4.98 Å². The maximum Gasteiger partial charge on any atom is 0.129 e. The maximum atomic E-state index is 13.8. The number of rotatable bonds is 3. The molecule has 0 spiro atoms. The Labute approximate surface area is 114 Å². The summed E-state index contributed by atoms with van der Waals surface area (Å²) in [6.45, 7) is 3.85. The van der Waals surface area contributed by atoms with Gasteiger partial charge in [0.05, 0.1) is 17.4 Å². The number of benzene rings is 1. The van der Waals surface area contributed by atoms with Gasteiger partial charge >= 0.3 is 0 Å². The zero-order chi connectivity index (χ0) is 13.1. The van der Waals surface area contributed by atoms with Crippen molar-refractivity contribution in [1.29, 1.82) is 0 Å². The van der Waals surface area contributed by atoms with E-state index < -0.39 is 0 Å². The van der Waals surface area contributed by atoms with Crippen molar-refractivity contribution in [2.24, 2.45) is 0 Å². The van der Waals surface area contributed by atoms with Gasteiger partial charge < -0.3 is 5.32 Å². The lowest BCUT2D eigenvalue weighted by Crippen LogP contribution is -2.09. The minimum atomic E-state index is -0.217. The molecular formula is C14H14BrFN2. The number of hydrogen-bond donors (Lipinski definition) is 1. The fraction of sp³-hybridized carbons (Fsp3) is 0.214. The van der Waals surface area contributed by atoms with Gasteiger partial charge in [-0.1, -0.05) is 22.0 Å². The van der Waals surface area contributed by atoms with E-state index in [1.165, 1.54) is 6.07 Å². The molecule has 1 aromatic heterocycles. The summed E-state index contributed by atoms with van der Waals surface area (Å²) < 4.78 is 14.6. The molecular weight excluding hydrogens is 295 g/mol. The number of aryl methyl sites for hydroxylation is 1. The molecule has 1 unspecified atom stereocenters. The fourth-order valence-corrected chi connectivity index (χ4v) is 2.13. The number of pyridine rings is 1. The van der Waals surface area contributed by atoms with Crippen molar-refractivity contribution in [3.8, 4) is 0 Å². The van der Waals surface area contributed by atoms with Crippen molar-refractivity contribution < 1.29 is 4.39 Å². The van der Waals surface area contributed by atoms with Gasteiger partial charge in [0, 0.05) is 16.2 Å². The topological polar surface area (TPSA) is 24.9 Å². The number of nitrogens with one attached hydrogen (secondary N) is 1. The molecule has 0 bridgehead atoms. The summed E-state index contributed by atoms with van der Waals surface area (Å²) in [4.78, 5) is 4.20. The van der Waals surface area contributed by atoms with E-state index in [4.69, 9.17) is 0 Å². The van der Waals surface area contributed by atoms with Crippen molar-refractivity contribution in [3.05, 3.63) is 58.1 Å². The lowest BCUT2D eigenvalue weighted by Gasteiger charge is -2.17. The zero-order valence-electron chi connectivity index (χ0n) is 10.2. The first-order chi connectivity index (χ1) is 8.58. The molecule has 0 saturated carbocycles. The standard InChI is InChI=1S/C14H14BrFN2/c1-9(12-6-5-11(15)8-13(12)16)18-14-4-3-7-17-10(14)2/h3-9,18H,1-2H3. The summed E-state index contributed by atoms with van der Waals surface area (Å²) in [5.41, 5.74) is 2.47. The third kappa shape index (κ3) is 2.88. The highest BCUT2D eigenvalue weighted by atomic mass is 79.9. The van der Waals surface area contributed by atoms with E-state index in [1.54, 1.807) is 12.3 Å². The molecule has 0 amide bonds. The van der Waals surface area contributed by atoms with Gasteiger partial charge in [0.2, 0.25) is 0 Å². The van der Waals surface area contributed by atoms with E-state index in [0.29, 0.717) is 5.56 Å². The molecule has 1 N–H and O–H groups in total. The van der Waals surface area contributed by atoms with Crippen LogP contribution in [0.2, 0.25) is 0 Å². The van der Waals surface area contributed by atoms with Gasteiger partial charge in [0.25, 0.3) is 0 Å². The Hall–Kier alpha value is -1.42. The van der Waals surface area contributed by atoms with E-state index in [-0.39, 0.29) is 11.9 Å². The van der Waals surface area contributed by atoms with Gasteiger partial charge in [-0.25, -0.2) is 4.39 Å². The SMILES string of the molecule is Cc1ncccc1NC(C)c1ccc(Br)cc1F. The summed E-state index contributed by atoms with van der Waals surface area (Å²) in [6, 6.07) is 8.79. The quantitative estimate of drug-likeness (QED) is 0.905. The third-order valence-corrected chi connectivity index (χ3v) is 3.30. The van der Waals surface area contributed by atoms with Crippen LogP contribution in [0, 0.1) is 12.7 Å². The molecule has 0 aliphatic heterocycles. The number of aromatic nitrogens is 1. The van der Waals surface area contributed by atoms with Crippen LogP contribution in [0.3, 0.4) is 0 Å². The second-order valence-electron chi connectivity index (χ2n) is 4.17. The highest BCUT2D eigenvalue weighted by Crippen LogP contribution is 2.24. The molecule has 2 nitrogen and oxygen atoms in total. The van der Waals surface area contributed by atoms with Crippen molar-refractivity contribution in [2.75, 3.05) is 5.32 Å². The van der Waals surface area contributed by atoms with Gasteiger partial charge in [0.1, 0.15) is 5.82 Å². The molecule has 1 aromatic carbocycles. The van der Waals surface area contributed by atoms with Crippen LogP contribution in [0.1, 0.15) is 24.2 Å². The molecule has 1 atom stereocenters. The molecule has 4 heteroatoms. The first-order valence-corrected chi connectivity index (χ1v) is 6.50. The first kappa shape index (κ1) is 13.0. The molecule has 0 aliphatic rings. The Bertz CT molecular complexity index is 557. The monoisotopic (exact) mass is 308 g/mol. The van der Waals surface area contributed by atoms with Crippen LogP contribution in [0.15, 0.2) is 41.0 Å². The summed E-state index contributed by atoms with van der Waals surface area (Å²) in [5.74, 6) is -0.217. The van der Waals surface area contributed by atoms with Gasteiger partial charge in [0.15, 0.2) is 0 Å². The zero-order valence-corrected chi connectivity index (χ0v) is 11.8. The Morgan fingerprint density at radius 1 is 1.33 bits per heavy atom. The van der Waals surface area contributed by atoms with Crippen molar-refractivity contribution in [1.82, 2.24) is 4.98 Å². The number of halogens is 2. The van der Waals surface area contributed by atoms with E-state index >= 15 is 0 Å². The fourth-order valence-electron chi connectivity index (χ4n) is 1.80. The van der Waals surface area contributed by atoms with E-state index in [9.17, 15) is 4.39 Å². The third-order valence-electron chi connectivity index (χ3n) is 2.81. The molecule has 2 aromatic rings. The van der Waals surface area contributed by atoms with Crippen LogP contribution in [-0.4, -0.2) is 4.98 Å². The molecule has 0 radical (unpaired) electrons. The minimum absolute atomic E-state index is 0.110. The highest BCUT2D eigenvalue weighted by molar-refractivity contribution is 9.10. The van der Waals surface area contributed by atoms with E-state index in [0.717, 1.165) is 15.9 Å². The summed E-state index contributed by atoms with van der Waals surface area (Å²) in [7, 11) is 0. The predicted molar refractivity (Wildman–Crippen MR) is 75.1 cm³/mol. The Kier molecular flexibility index (Phi) is 3.97. The molecule has 0 aliphatic carbocycles. The van der Waals surface area contributed by atoms with Crippen molar-refractivity contribution >= 4 is 21.6 Å². The second-order valence-corrected chi connectivity index (χ2v) is 5.08. The number of hydrogen-bond acceptors (Lipinski definition) is 2. The second kappa shape index (κ2) is 5.48. The van der Waals surface area contributed by atoms with Crippen molar-refractivity contribution in [3.63, 3.8) is 0 Å². The van der Waals surface area contributed by atoms with Crippen LogP contribution in [0.4, 0.5) is 10.1 Å². The highest BCUT2D eigenvalue weighted by Gasteiger charge is 2.12. The van der Waals surface area contributed by atoms with Crippen molar-refractivity contribution in [2.45, 2.75) is 19.9 Å². The molecule has 18 heavy (non-hydrogen) atoms. The van der Waals surface area contributed by atoms with Crippen LogP contribution >= 0.6 is 15.9 Å². The number of anilines is 1. The molecule has 0 fully saturated rings. The Morgan fingerprint density at radius 3 is 2.78 bits per heavy atom. The van der Waals surface area contributed by atoms with Gasteiger partial charge in [-0.05, 0) is 38.1 Å². The first-order valence-electron chi connectivity index (χ1n) is 5.71. The molecule has 1 heterocycles. The van der Waals surface area contributed by atoms with E-state index in [1.807, 2.05) is 32.0 Å². The summed E-state index contributed by atoms with van der Waals surface area (Å²) in [5, 5.41) is 3.27. The van der Waals surface area contributed by atoms with Crippen LogP contribution in [0.5, 0.6) is 0 Å². The minimum Gasteiger partial charge on any atom is -0.377 e. The Morgan fingerprint density at radius 2 is 2.11 bits per heavy atom. The largest absolute Gasteiger partial charge is 0.377 e. The van der Waals surface area contributed by atoms with Crippen LogP contribution in [0.25, 0.3) is 0 Å². The van der Waals surface area contributed by atoms with E-state index in [2.05, 4.69) is 26.2 Å². The average molecular weight is 309 g/mol. The summed E-state index contributed by atoms with van der Waals surface area (Å²) in [6.07, 6.45) is 1.74. The van der Waals surface area contributed by atoms with Crippen LogP contribution < -0.4 is 5.32 Å².